The van der Waals surface area contributed by atoms with Gasteiger partial charge >= 0.3 is 12.1 Å². The van der Waals surface area contributed by atoms with E-state index < -0.39 is 22.9 Å². The van der Waals surface area contributed by atoms with Gasteiger partial charge in [0.05, 0.1) is 10.8 Å². The van der Waals surface area contributed by atoms with Gasteiger partial charge in [-0.25, -0.2) is 9.59 Å². The molecule has 8 heteroatoms. The summed E-state index contributed by atoms with van der Waals surface area (Å²) < 4.78 is 0. The second-order valence-corrected chi connectivity index (χ2v) is 6.04. The molecule has 0 spiro atoms. The van der Waals surface area contributed by atoms with Crippen molar-refractivity contribution < 1.29 is 19.2 Å². The fourth-order valence-electron chi connectivity index (χ4n) is 1.40. The maximum Gasteiger partial charge on any atom is 0.321 e. The highest BCUT2D eigenvalue weighted by Crippen LogP contribution is 2.16. The van der Waals surface area contributed by atoms with Crippen LogP contribution in [0.3, 0.4) is 0 Å². The molecule has 0 atom stereocenters. The summed E-state index contributed by atoms with van der Waals surface area (Å²) in [6.07, 6.45) is 0. The molecule has 0 bridgehead atoms. The highest BCUT2D eigenvalue weighted by Gasteiger charge is 2.34. The molecule has 2 rings (SSSR count). The molecule has 2 aliphatic heterocycles. The van der Waals surface area contributed by atoms with Gasteiger partial charge in [-0.15, -0.1) is 0 Å². The average molecular weight is 284 g/mol. The van der Waals surface area contributed by atoms with Crippen LogP contribution in [0.2, 0.25) is 0 Å². The van der Waals surface area contributed by atoms with E-state index in [1.54, 1.807) is 27.7 Å². The normalized spacial score (nSPS) is 23.4. The SMILES string of the molecule is CC1(C)CNC(=O)NC1=O.CC1(C)CNC(=O)NC1=O. The second kappa shape index (κ2) is 5.48. The lowest BCUT2D eigenvalue weighted by Crippen LogP contribution is -2.56. The molecule has 112 valence electrons. The molecule has 0 aromatic rings. The van der Waals surface area contributed by atoms with Gasteiger partial charge < -0.3 is 10.6 Å². The Kier molecular flexibility index (Phi) is 4.36. The van der Waals surface area contributed by atoms with Crippen LogP contribution in [0.5, 0.6) is 0 Å². The molecule has 2 aliphatic rings. The van der Waals surface area contributed by atoms with E-state index in [0.29, 0.717) is 13.1 Å². The topological polar surface area (TPSA) is 116 Å². The Hall–Kier alpha value is -2.12. The van der Waals surface area contributed by atoms with Crippen molar-refractivity contribution in [2.45, 2.75) is 27.7 Å². The van der Waals surface area contributed by atoms with Crippen molar-refractivity contribution in [2.75, 3.05) is 13.1 Å². The van der Waals surface area contributed by atoms with E-state index in [1.165, 1.54) is 0 Å². The quantitative estimate of drug-likeness (QED) is 0.489. The number of hydrogen-bond acceptors (Lipinski definition) is 4. The van der Waals surface area contributed by atoms with E-state index in [1.807, 2.05) is 0 Å². The highest BCUT2D eigenvalue weighted by molar-refractivity contribution is 6.00. The van der Waals surface area contributed by atoms with E-state index in [-0.39, 0.29) is 11.8 Å². The number of carbonyl (C=O) groups excluding carboxylic acids is 4. The lowest BCUT2D eigenvalue weighted by Gasteiger charge is -2.27. The van der Waals surface area contributed by atoms with Crippen molar-refractivity contribution in [3.63, 3.8) is 0 Å². The fraction of sp³-hybridized carbons (Fsp3) is 0.667. The monoisotopic (exact) mass is 284 g/mol. The highest BCUT2D eigenvalue weighted by atomic mass is 16.2. The van der Waals surface area contributed by atoms with Crippen molar-refractivity contribution in [3.8, 4) is 0 Å². The van der Waals surface area contributed by atoms with Crippen LogP contribution in [0.1, 0.15) is 27.7 Å². The number of carbonyl (C=O) groups is 4. The van der Waals surface area contributed by atoms with Crippen molar-refractivity contribution in [1.29, 1.82) is 0 Å². The van der Waals surface area contributed by atoms with Crippen LogP contribution in [0.15, 0.2) is 0 Å². The predicted octanol–water partition coefficient (Wildman–Crippen LogP) is -0.296. The molecule has 2 heterocycles. The van der Waals surface area contributed by atoms with E-state index in [4.69, 9.17) is 0 Å². The minimum absolute atomic E-state index is 0.212. The van der Waals surface area contributed by atoms with Crippen molar-refractivity contribution in [2.24, 2.45) is 10.8 Å². The number of rotatable bonds is 0. The van der Waals surface area contributed by atoms with Gasteiger partial charge in [-0.1, -0.05) is 0 Å². The summed E-state index contributed by atoms with van der Waals surface area (Å²) in [6.45, 7) is 7.95. The fourth-order valence-corrected chi connectivity index (χ4v) is 1.40. The molecule has 0 aromatic heterocycles. The molecule has 2 saturated heterocycles. The molecule has 6 amide bonds. The smallest absolute Gasteiger partial charge is 0.321 e. The number of amides is 6. The molecular weight excluding hydrogens is 264 g/mol. The number of hydrogen-bond donors (Lipinski definition) is 4. The van der Waals surface area contributed by atoms with Crippen LogP contribution >= 0.6 is 0 Å². The summed E-state index contributed by atoms with van der Waals surface area (Å²) in [7, 11) is 0. The first-order valence-electron chi connectivity index (χ1n) is 6.23. The molecule has 0 saturated carbocycles. The number of imide groups is 2. The maximum atomic E-state index is 11.0. The summed E-state index contributed by atoms with van der Waals surface area (Å²) in [4.78, 5) is 42.9. The van der Waals surface area contributed by atoms with Gasteiger partial charge in [0.1, 0.15) is 0 Å². The molecular formula is C12H20N4O4. The Morgan fingerprint density at radius 2 is 1.00 bits per heavy atom. The summed E-state index contributed by atoms with van der Waals surface area (Å²) in [5.74, 6) is -0.424. The van der Waals surface area contributed by atoms with Crippen LogP contribution in [-0.2, 0) is 9.59 Å². The zero-order valence-corrected chi connectivity index (χ0v) is 12.0. The van der Waals surface area contributed by atoms with Gasteiger partial charge in [-0.2, -0.15) is 0 Å². The molecule has 4 N–H and O–H groups in total. The predicted molar refractivity (Wildman–Crippen MR) is 70.6 cm³/mol. The minimum Gasteiger partial charge on any atom is -0.337 e. The van der Waals surface area contributed by atoms with E-state index >= 15 is 0 Å². The standard InChI is InChI=1S/2C6H10N2O2/c2*1-6(2)3-7-5(10)8-4(6)9/h2*3H2,1-2H3,(H2,7,8,9,10). The summed E-state index contributed by atoms with van der Waals surface area (Å²) in [5.41, 5.74) is -0.929. The van der Waals surface area contributed by atoms with Gasteiger partial charge in [-0.05, 0) is 27.7 Å². The third kappa shape index (κ3) is 3.94. The minimum atomic E-state index is -0.464. The second-order valence-electron chi connectivity index (χ2n) is 6.04. The molecule has 0 radical (unpaired) electrons. The molecule has 0 aliphatic carbocycles. The lowest BCUT2D eigenvalue weighted by atomic mass is 9.91. The molecule has 8 nitrogen and oxygen atoms in total. The molecule has 2 fully saturated rings. The van der Waals surface area contributed by atoms with Gasteiger partial charge in [0.2, 0.25) is 11.8 Å². The van der Waals surface area contributed by atoms with E-state index in [0.717, 1.165) is 0 Å². The van der Waals surface area contributed by atoms with Crippen molar-refractivity contribution >= 4 is 23.9 Å². The Balaban J connectivity index is 0.000000200. The lowest BCUT2D eigenvalue weighted by molar-refractivity contribution is -0.129. The summed E-state index contributed by atoms with van der Waals surface area (Å²) in [6, 6.07) is -0.798. The number of nitrogens with one attached hydrogen (secondary N) is 4. The van der Waals surface area contributed by atoms with Crippen molar-refractivity contribution in [1.82, 2.24) is 21.3 Å². The van der Waals surface area contributed by atoms with Crippen LogP contribution in [0.4, 0.5) is 9.59 Å². The van der Waals surface area contributed by atoms with Crippen LogP contribution in [-0.4, -0.2) is 37.0 Å². The zero-order valence-electron chi connectivity index (χ0n) is 12.0. The molecule has 20 heavy (non-hydrogen) atoms. The van der Waals surface area contributed by atoms with Crippen LogP contribution < -0.4 is 21.3 Å². The Morgan fingerprint density at radius 1 is 0.700 bits per heavy atom. The third-order valence-corrected chi connectivity index (χ3v) is 3.07. The van der Waals surface area contributed by atoms with E-state index in [9.17, 15) is 19.2 Å². The first kappa shape index (κ1) is 15.9. The Morgan fingerprint density at radius 3 is 1.20 bits per heavy atom. The summed E-state index contributed by atoms with van der Waals surface area (Å²) in [5, 5.41) is 9.42. The first-order valence-corrected chi connectivity index (χ1v) is 6.23. The van der Waals surface area contributed by atoms with Gasteiger partial charge in [0.15, 0.2) is 0 Å². The molecule has 0 aromatic carbocycles. The number of urea groups is 2. The first-order chi connectivity index (χ1) is 9.04. The van der Waals surface area contributed by atoms with Gasteiger partial charge in [0.25, 0.3) is 0 Å². The summed E-state index contributed by atoms with van der Waals surface area (Å²) >= 11 is 0. The zero-order chi connectivity index (χ0) is 15.6. The van der Waals surface area contributed by atoms with E-state index in [2.05, 4.69) is 21.3 Å². The largest absolute Gasteiger partial charge is 0.337 e. The van der Waals surface area contributed by atoms with Gasteiger partial charge in [0, 0.05) is 13.1 Å². The van der Waals surface area contributed by atoms with Crippen LogP contribution in [0, 0.1) is 10.8 Å². The Labute approximate surface area is 117 Å². The van der Waals surface area contributed by atoms with Crippen LogP contribution in [0.25, 0.3) is 0 Å². The van der Waals surface area contributed by atoms with Gasteiger partial charge in [-0.3, -0.25) is 20.2 Å². The molecule has 0 unspecified atom stereocenters. The van der Waals surface area contributed by atoms with Crippen molar-refractivity contribution in [3.05, 3.63) is 0 Å². The maximum absolute atomic E-state index is 11.0. The third-order valence-electron chi connectivity index (χ3n) is 3.07. The Bertz CT molecular complexity index is 414. The average Bonchev–Trinajstić information content (AvgIpc) is 2.32.